The first-order chi connectivity index (χ1) is 15.5. The Labute approximate surface area is 199 Å². The van der Waals surface area contributed by atoms with Crippen LogP contribution in [-0.4, -0.2) is 68.7 Å². The van der Waals surface area contributed by atoms with E-state index in [2.05, 4.69) is 38.5 Å². The Bertz CT molecular complexity index is 788. The second-order valence-corrected chi connectivity index (χ2v) is 8.89. The van der Waals surface area contributed by atoms with Crippen LogP contribution in [0.25, 0.3) is 0 Å². The molecule has 7 N–H and O–H groups in total. The van der Waals surface area contributed by atoms with Crippen molar-refractivity contribution in [3.05, 3.63) is 18.2 Å². The molecule has 0 saturated carbocycles. The number of nitrogens with two attached hydrogens (primary N) is 1. The molecule has 1 aromatic heterocycles. The summed E-state index contributed by atoms with van der Waals surface area (Å²) < 4.78 is 0. The van der Waals surface area contributed by atoms with Gasteiger partial charge >= 0.3 is 5.97 Å². The molecule has 0 saturated heterocycles. The van der Waals surface area contributed by atoms with Crippen LogP contribution in [-0.2, 0) is 25.6 Å². The van der Waals surface area contributed by atoms with Gasteiger partial charge in [0.25, 0.3) is 0 Å². The topological polar surface area (TPSA) is 179 Å². The van der Waals surface area contributed by atoms with E-state index in [0.29, 0.717) is 12.1 Å². The van der Waals surface area contributed by atoms with Crippen LogP contribution >= 0.6 is 12.6 Å². The van der Waals surface area contributed by atoms with Crippen molar-refractivity contribution in [1.82, 2.24) is 25.9 Å². The van der Waals surface area contributed by atoms with Gasteiger partial charge in [-0.2, -0.15) is 12.6 Å². The third-order valence-electron chi connectivity index (χ3n) is 5.31. The van der Waals surface area contributed by atoms with E-state index in [9.17, 15) is 24.3 Å². The van der Waals surface area contributed by atoms with E-state index in [0.717, 1.165) is 0 Å². The molecule has 0 bridgehead atoms. The molecule has 1 rings (SSSR count). The number of hydrogen-bond acceptors (Lipinski definition) is 7. The lowest BCUT2D eigenvalue weighted by atomic mass is 9.98. The lowest BCUT2D eigenvalue weighted by Crippen LogP contribution is -2.58. The number of carboxylic acids is 1. The van der Waals surface area contributed by atoms with Gasteiger partial charge in [0.05, 0.1) is 12.4 Å². The summed E-state index contributed by atoms with van der Waals surface area (Å²) in [6.45, 7) is 7.43. The molecular formula is C21H36N6O5S. The average molecular weight is 485 g/mol. The lowest BCUT2D eigenvalue weighted by molar-refractivity contribution is -0.142. The molecule has 5 unspecified atom stereocenters. The Morgan fingerprint density at radius 3 is 2.12 bits per heavy atom. The van der Waals surface area contributed by atoms with Gasteiger partial charge in [-0.25, -0.2) is 9.78 Å². The molecule has 1 heterocycles. The van der Waals surface area contributed by atoms with Crippen molar-refractivity contribution in [3.63, 3.8) is 0 Å². The summed E-state index contributed by atoms with van der Waals surface area (Å²) in [5.74, 6) is -3.06. The molecule has 0 fully saturated rings. The van der Waals surface area contributed by atoms with Gasteiger partial charge in [-0.1, -0.05) is 34.1 Å². The number of nitrogens with one attached hydrogen (secondary N) is 4. The minimum Gasteiger partial charge on any atom is -0.480 e. The van der Waals surface area contributed by atoms with Crippen LogP contribution in [0.1, 0.15) is 46.2 Å². The number of carbonyl (C=O) groups excluding carboxylic acids is 3. The molecular weight excluding hydrogens is 448 g/mol. The number of aliphatic carboxylic acids is 1. The summed E-state index contributed by atoms with van der Waals surface area (Å²) in [4.78, 5) is 56.5. The number of rotatable bonds is 14. The lowest BCUT2D eigenvalue weighted by Gasteiger charge is -2.25. The SMILES string of the molecule is CCC(C)C(N)C(=O)NC(Cc1cnc[nH]1)C(=O)NC(CS)C(=O)NC(CC(C)C)C(=O)O. The molecule has 0 spiro atoms. The zero-order valence-electron chi connectivity index (χ0n) is 19.5. The van der Waals surface area contributed by atoms with Crippen molar-refractivity contribution in [3.8, 4) is 0 Å². The Balaban J connectivity index is 2.94. The molecule has 186 valence electrons. The highest BCUT2D eigenvalue weighted by molar-refractivity contribution is 7.80. The van der Waals surface area contributed by atoms with Crippen molar-refractivity contribution in [2.24, 2.45) is 17.6 Å². The first-order valence-electron chi connectivity index (χ1n) is 11.0. The second-order valence-electron chi connectivity index (χ2n) is 8.53. The third kappa shape index (κ3) is 9.42. The highest BCUT2D eigenvalue weighted by Crippen LogP contribution is 2.08. The van der Waals surface area contributed by atoms with E-state index in [1.807, 2.05) is 27.7 Å². The number of carboxylic acid groups (broad SMARTS) is 1. The molecule has 5 atom stereocenters. The van der Waals surface area contributed by atoms with Gasteiger partial charge in [0, 0.05) is 24.1 Å². The van der Waals surface area contributed by atoms with Crippen LogP contribution in [0.4, 0.5) is 0 Å². The molecule has 3 amide bonds. The number of carbonyl (C=O) groups is 4. The number of H-pyrrole nitrogens is 1. The van der Waals surface area contributed by atoms with Gasteiger partial charge in [0.1, 0.15) is 18.1 Å². The Morgan fingerprint density at radius 2 is 1.64 bits per heavy atom. The summed E-state index contributed by atoms with van der Waals surface area (Å²) in [5.41, 5.74) is 6.60. The molecule has 0 aliphatic rings. The monoisotopic (exact) mass is 484 g/mol. The van der Waals surface area contributed by atoms with E-state index in [4.69, 9.17) is 5.73 Å². The van der Waals surface area contributed by atoms with Crippen molar-refractivity contribution >= 4 is 36.3 Å². The minimum absolute atomic E-state index is 0.0409. The van der Waals surface area contributed by atoms with E-state index in [-0.39, 0.29) is 30.4 Å². The van der Waals surface area contributed by atoms with Gasteiger partial charge in [-0.05, 0) is 18.3 Å². The van der Waals surface area contributed by atoms with Crippen LogP contribution in [0.3, 0.4) is 0 Å². The van der Waals surface area contributed by atoms with E-state index < -0.39 is 47.9 Å². The number of hydrogen-bond donors (Lipinski definition) is 7. The molecule has 0 aliphatic carbocycles. The first-order valence-corrected chi connectivity index (χ1v) is 11.6. The number of thiol groups is 1. The molecule has 0 aromatic carbocycles. The summed E-state index contributed by atoms with van der Waals surface area (Å²) in [6.07, 6.45) is 3.99. The largest absolute Gasteiger partial charge is 0.480 e. The maximum absolute atomic E-state index is 13.0. The average Bonchev–Trinajstić information content (AvgIpc) is 3.27. The predicted octanol–water partition coefficient (Wildman–Crippen LogP) is -0.159. The minimum atomic E-state index is -1.16. The standard InChI is InChI=1S/C21H36N6O5S/c1-5-12(4)17(22)20(30)25-14(7-13-8-23-10-24-13)18(28)27-16(9-33)19(29)26-15(21(31)32)6-11(2)3/h8,10-12,14-17,33H,5-7,9,22H2,1-4H3,(H,23,24)(H,25,30)(H,26,29)(H,27,28)(H,31,32). The van der Waals surface area contributed by atoms with Gasteiger partial charge < -0.3 is 31.8 Å². The molecule has 33 heavy (non-hydrogen) atoms. The van der Waals surface area contributed by atoms with Crippen LogP contribution in [0.5, 0.6) is 0 Å². The summed E-state index contributed by atoms with van der Waals surface area (Å²) in [5, 5.41) is 17.0. The maximum atomic E-state index is 13.0. The highest BCUT2D eigenvalue weighted by Gasteiger charge is 2.31. The normalized spacial score (nSPS) is 15.7. The smallest absolute Gasteiger partial charge is 0.326 e. The Kier molecular flexibility index (Phi) is 11.9. The fourth-order valence-corrected chi connectivity index (χ4v) is 3.29. The van der Waals surface area contributed by atoms with Gasteiger partial charge in [-0.3, -0.25) is 14.4 Å². The quantitative estimate of drug-likeness (QED) is 0.179. The third-order valence-corrected chi connectivity index (χ3v) is 5.67. The summed E-state index contributed by atoms with van der Waals surface area (Å²) in [6, 6.07) is -4.03. The van der Waals surface area contributed by atoms with Gasteiger partial charge in [-0.15, -0.1) is 0 Å². The van der Waals surface area contributed by atoms with Crippen LogP contribution in [0, 0.1) is 11.8 Å². The Morgan fingerprint density at radius 1 is 1.06 bits per heavy atom. The van der Waals surface area contributed by atoms with Gasteiger partial charge in [0.15, 0.2) is 0 Å². The number of aromatic amines is 1. The highest BCUT2D eigenvalue weighted by atomic mass is 32.1. The van der Waals surface area contributed by atoms with E-state index in [1.165, 1.54) is 12.5 Å². The number of aromatic nitrogens is 2. The summed E-state index contributed by atoms with van der Waals surface area (Å²) >= 11 is 4.13. The fourth-order valence-electron chi connectivity index (χ4n) is 3.04. The molecule has 0 radical (unpaired) electrons. The van der Waals surface area contributed by atoms with Crippen molar-refractivity contribution < 1.29 is 24.3 Å². The van der Waals surface area contributed by atoms with Crippen molar-refractivity contribution in [2.45, 2.75) is 71.1 Å². The van der Waals surface area contributed by atoms with Crippen LogP contribution in [0.2, 0.25) is 0 Å². The Hall–Kier alpha value is -2.60. The first kappa shape index (κ1) is 28.4. The van der Waals surface area contributed by atoms with E-state index in [1.54, 1.807) is 0 Å². The molecule has 12 heteroatoms. The second kappa shape index (κ2) is 13.8. The van der Waals surface area contributed by atoms with Crippen molar-refractivity contribution in [2.75, 3.05) is 5.75 Å². The number of nitrogens with zero attached hydrogens (tertiary/aromatic N) is 1. The number of amides is 3. The predicted molar refractivity (Wildman–Crippen MR) is 126 cm³/mol. The zero-order chi connectivity index (χ0) is 25.1. The molecule has 1 aromatic rings. The van der Waals surface area contributed by atoms with E-state index >= 15 is 0 Å². The molecule has 0 aliphatic heterocycles. The molecule has 11 nitrogen and oxygen atoms in total. The number of imidazole rings is 1. The van der Waals surface area contributed by atoms with Crippen molar-refractivity contribution in [1.29, 1.82) is 0 Å². The van der Waals surface area contributed by atoms with Crippen LogP contribution in [0.15, 0.2) is 12.5 Å². The fraction of sp³-hybridized carbons (Fsp3) is 0.667. The zero-order valence-corrected chi connectivity index (χ0v) is 20.4. The van der Waals surface area contributed by atoms with Crippen LogP contribution < -0.4 is 21.7 Å². The maximum Gasteiger partial charge on any atom is 0.326 e. The van der Waals surface area contributed by atoms with Gasteiger partial charge in [0.2, 0.25) is 17.7 Å². The summed E-state index contributed by atoms with van der Waals surface area (Å²) in [7, 11) is 0.